The molecule has 0 radical (unpaired) electrons. The lowest BCUT2D eigenvalue weighted by Crippen LogP contribution is -2.64. The molecule has 3 aliphatic heterocycles. The fraction of sp³-hybridized carbons (Fsp3) is 0.625. The van der Waals surface area contributed by atoms with Crippen molar-refractivity contribution in [1.82, 2.24) is 20.4 Å². The van der Waals surface area contributed by atoms with Crippen molar-refractivity contribution < 1.29 is 19.1 Å². The Hall–Kier alpha value is -2.17. The fourth-order valence-corrected chi connectivity index (χ4v) is 5.11. The SMILES string of the molecule is CC(C)(C)OC(=O)N1CCN(C2CN(c3cccc(Br)c3CNC3CCC(=O)NC3=O)C2)CC1. The van der Waals surface area contributed by atoms with Gasteiger partial charge >= 0.3 is 6.09 Å². The number of nitrogens with one attached hydrogen (secondary N) is 2. The van der Waals surface area contributed by atoms with Crippen molar-refractivity contribution in [3.63, 3.8) is 0 Å². The zero-order chi connectivity index (χ0) is 24.5. The zero-order valence-electron chi connectivity index (χ0n) is 20.1. The van der Waals surface area contributed by atoms with Crippen LogP contribution in [-0.2, 0) is 20.9 Å². The number of anilines is 1. The molecule has 1 unspecified atom stereocenters. The van der Waals surface area contributed by atoms with Crippen LogP contribution in [0.3, 0.4) is 0 Å². The smallest absolute Gasteiger partial charge is 0.410 e. The van der Waals surface area contributed by atoms with E-state index in [2.05, 4.69) is 42.4 Å². The van der Waals surface area contributed by atoms with Gasteiger partial charge in [-0.15, -0.1) is 0 Å². The van der Waals surface area contributed by atoms with Crippen LogP contribution in [0.25, 0.3) is 0 Å². The summed E-state index contributed by atoms with van der Waals surface area (Å²) in [5, 5.41) is 5.72. The van der Waals surface area contributed by atoms with Crippen molar-refractivity contribution in [2.75, 3.05) is 44.2 Å². The van der Waals surface area contributed by atoms with Gasteiger partial charge in [0.25, 0.3) is 0 Å². The topological polar surface area (TPSA) is 94.2 Å². The highest BCUT2D eigenvalue weighted by Crippen LogP contribution is 2.32. The summed E-state index contributed by atoms with van der Waals surface area (Å²) in [6.07, 6.45) is 0.650. The number of piperazine rings is 1. The summed E-state index contributed by atoms with van der Waals surface area (Å²) in [6.45, 7) is 11.1. The lowest BCUT2D eigenvalue weighted by atomic mass is 10.0. The molecular formula is C24H34BrN5O4. The van der Waals surface area contributed by atoms with Crippen molar-refractivity contribution in [2.45, 2.75) is 57.8 Å². The van der Waals surface area contributed by atoms with E-state index in [1.54, 1.807) is 4.90 Å². The van der Waals surface area contributed by atoms with E-state index in [0.29, 0.717) is 38.5 Å². The van der Waals surface area contributed by atoms with Crippen molar-refractivity contribution in [3.8, 4) is 0 Å². The van der Waals surface area contributed by atoms with Crippen LogP contribution in [0.2, 0.25) is 0 Å². The Morgan fingerprint density at radius 2 is 1.88 bits per heavy atom. The maximum atomic E-state index is 12.3. The average molecular weight is 536 g/mol. The standard InChI is InChI=1S/C24H34BrN5O4/c1-24(2,3)34-23(33)29-11-9-28(10-12-29)16-14-30(15-16)20-6-4-5-18(25)17(20)13-26-19-7-8-21(31)27-22(19)32/h4-6,16,19,26H,7-15H2,1-3H3,(H,27,31,32). The maximum Gasteiger partial charge on any atom is 0.410 e. The molecule has 3 heterocycles. The van der Waals surface area contributed by atoms with Gasteiger partial charge in [0, 0.05) is 74.0 Å². The summed E-state index contributed by atoms with van der Waals surface area (Å²) in [5.41, 5.74) is 1.79. The number of nitrogens with zero attached hydrogens (tertiary/aromatic N) is 3. The molecule has 0 aliphatic carbocycles. The lowest BCUT2D eigenvalue weighted by molar-refractivity contribution is -0.134. The Bertz CT molecular complexity index is 936. The van der Waals surface area contributed by atoms with E-state index in [4.69, 9.17) is 4.74 Å². The van der Waals surface area contributed by atoms with Gasteiger partial charge in [-0.05, 0) is 39.3 Å². The van der Waals surface area contributed by atoms with E-state index >= 15 is 0 Å². The molecule has 4 rings (SSSR count). The molecule has 186 valence electrons. The Labute approximate surface area is 209 Å². The second-order valence-corrected chi connectivity index (χ2v) is 11.0. The van der Waals surface area contributed by atoms with E-state index in [1.807, 2.05) is 32.9 Å². The third-order valence-electron chi connectivity index (χ3n) is 6.54. The maximum absolute atomic E-state index is 12.3. The van der Waals surface area contributed by atoms with E-state index < -0.39 is 5.60 Å². The molecular weight excluding hydrogens is 502 g/mol. The molecule has 3 amide bonds. The van der Waals surface area contributed by atoms with Crippen LogP contribution in [0, 0.1) is 0 Å². The summed E-state index contributed by atoms with van der Waals surface area (Å²) in [7, 11) is 0. The zero-order valence-corrected chi connectivity index (χ0v) is 21.7. The van der Waals surface area contributed by atoms with Crippen LogP contribution in [0.4, 0.5) is 10.5 Å². The van der Waals surface area contributed by atoms with Crippen molar-refractivity contribution >= 4 is 39.5 Å². The van der Waals surface area contributed by atoms with Gasteiger partial charge in [0.15, 0.2) is 0 Å². The number of halogens is 1. The van der Waals surface area contributed by atoms with Crippen molar-refractivity contribution in [1.29, 1.82) is 0 Å². The third kappa shape index (κ3) is 5.90. The summed E-state index contributed by atoms with van der Waals surface area (Å²) in [5.74, 6) is -0.456. The number of carbonyl (C=O) groups is 3. The largest absolute Gasteiger partial charge is 0.444 e. The molecule has 10 heteroatoms. The van der Waals surface area contributed by atoms with E-state index in [9.17, 15) is 14.4 Å². The van der Waals surface area contributed by atoms with Crippen LogP contribution in [0.1, 0.15) is 39.2 Å². The van der Waals surface area contributed by atoms with Gasteiger partial charge in [-0.2, -0.15) is 0 Å². The minimum atomic E-state index is -0.475. The van der Waals surface area contributed by atoms with Gasteiger partial charge in [0.1, 0.15) is 5.60 Å². The first-order chi connectivity index (χ1) is 16.1. The number of amides is 3. The molecule has 3 fully saturated rings. The minimum Gasteiger partial charge on any atom is -0.444 e. The molecule has 1 aromatic rings. The van der Waals surface area contributed by atoms with Gasteiger partial charge in [-0.1, -0.05) is 22.0 Å². The lowest BCUT2D eigenvalue weighted by Gasteiger charge is -2.49. The number of imide groups is 1. The first-order valence-corrected chi connectivity index (χ1v) is 12.7. The highest BCUT2D eigenvalue weighted by molar-refractivity contribution is 9.10. The van der Waals surface area contributed by atoms with Gasteiger partial charge in [-0.25, -0.2) is 4.79 Å². The molecule has 1 atom stereocenters. The molecule has 0 aromatic heterocycles. The predicted octanol–water partition coefficient (Wildman–Crippen LogP) is 2.09. The van der Waals surface area contributed by atoms with Crippen molar-refractivity contribution in [2.24, 2.45) is 0 Å². The summed E-state index contributed by atoms with van der Waals surface area (Å²) < 4.78 is 6.50. The Balaban J connectivity index is 1.29. The second-order valence-electron chi connectivity index (χ2n) is 10.2. The number of piperidine rings is 1. The van der Waals surface area contributed by atoms with Crippen LogP contribution in [-0.4, -0.2) is 84.7 Å². The quantitative estimate of drug-likeness (QED) is 0.557. The van der Waals surface area contributed by atoms with Crippen molar-refractivity contribution in [3.05, 3.63) is 28.2 Å². The normalized spacial score (nSPS) is 22.4. The summed E-state index contributed by atoms with van der Waals surface area (Å²) >= 11 is 3.67. The van der Waals surface area contributed by atoms with E-state index in [1.165, 1.54) is 0 Å². The van der Waals surface area contributed by atoms with Crippen LogP contribution >= 0.6 is 15.9 Å². The van der Waals surface area contributed by atoms with Gasteiger partial charge in [0.05, 0.1) is 6.04 Å². The number of benzene rings is 1. The summed E-state index contributed by atoms with van der Waals surface area (Å²) in [4.78, 5) is 42.4. The molecule has 0 spiro atoms. The number of hydrogen-bond acceptors (Lipinski definition) is 7. The monoisotopic (exact) mass is 535 g/mol. The van der Waals surface area contributed by atoms with Crippen LogP contribution < -0.4 is 15.5 Å². The Morgan fingerprint density at radius 3 is 2.53 bits per heavy atom. The van der Waals surface area contributed by atoms with Crippen LogP contribution in [0.15, 0.2) is 22.7 Å². The third-order valence-corrected chi connectivity index (χ3v) is 7.29. The fourth-order valence-electron chi connectivity index (χ4n) is 4.61. The average Bonchev–Trinajstić information content (AvgIpc) is 2.72. The van der Waals surface area contributed by atoms with Gasteiger partial charge < -0.3 is 19.9 Å². The highest BCUT2D eigenvalue weighted by atomic mass is 79.9. The molecule has 3 aliphatic rings. The Kier molecular flexibility index (Phi) is 7.49. The molecule has 0 bridgehead atoms. The molecule has 1 aromatic carbocycles. The molecule has 34 heavy (non-hydrogen) atoms. The Morgan fingerprint density at radius 1 is 1.18 bits per heavy atom. The number of carbonyl (C=O) groups excluding carboxylic acids is 3. The molecule has 3 saturated heterocycles. The number of rotatable bonds is 5. The van der Waals surface area contributed by atoms with Gasteiger partial charge in [-0.3, -0.25) is 19.8 Å². The number of ether oxygens (including phenoxy) is 1. The predicted molar refractivity (Wildman–Crippen MR) is 133 cm³/mol. The van der Waals surface area contributed by atoms with E-state index in [0.717, 1.165) is 41.9 Å². The highest BCUT2D eigenvalue weighted by Gasteiger charge is 2.36. The molecule has 2 N–H and O–H groups in total. The summed E-state index contributed by atoms with van der Waals surface area (Å²) in [6, 6.07) is 6.25. The molecule has 0 saturated carbocycles. The second kappa shape index (κ2) is 10.2. The van der Waals surface area contributed by atoms with E-state index in [-0.39, 0.29) is 23.9 Å². The minimum absolute atomic E-state index is 0.205. The van der Waals surface area contributed by atoms with Crippen LogP contribution in [0.5, 0.6) is 0 Å². The number of hydrogen-bond donors (Lipinski definition) is 2. The first kappa shape index (κ1) is 24.9. The van der Waals surface area contributed by atoms with Gasteiger partial charge in [0.2, 0.25) is 11.8 Å². The first-order valence-electron chi connectivity index (χ1n) is 11.9. The molecule has 9 nitrogen and oxygen atoms in total.